The summed E-state index contributed by atoms with van der Waals surface area (Å²) >= 11 is 1.56. The normalized spacial score (nSPS) is 19.3. The third-order valence-corrected chi connectivity index (χ3v) is 6.37. The van der Waals surface area contributed by atoms with Crippen molar-refractivity contribution >= 4 is 23.4 Å². The molecule has 1 saturated heterocycles. The highest BCUT2D eigenvalue weighted by Crippen LogP contribution is 2.43. The van der Waals surface area contributed by atoms with Gasteiger partial charge in [-0.3, -0.25) is 9.69 Å². The Morgan fingerprint density at radius 3 is 2.50 bits per heavy atom. The van der Waals surface area contributed by atoms with Crippen LogP contribution in [0.25, 0.3) is 0 Å². The summed E-state index contributed by atoms with van der Waals surface area (Å²) < 4.78 is 5.22. The van der Waals surface area contributed by atoms with Crippen LogP contribution in [0.1, 0.15) is 23.5 Å². The number of nitrogens with zero attached hydrogens (tertiary/aromatic N) is 3. The van der Waals surface area contributed by atoms with Crippen molar-refractivity contribution in [2.45, 2.75) is 19.3 Å². The number of methoxy groups -OCH3 is 1. The zero-order chi connectivity index (χ0) is 19.7. The molecule has 0 aliphatic carbocycles. The Morgan fingerprint density at radius 1 is 1.14 bits per heavy atom. The van der Waals surface area contributed by atoms with Crippen LogP contribution in [0, 0.1) is 18.3 Å². The van der Waals surface area contributed by atoms with Gasteiger partial charge in [-0.1, -0.05) is 41.6 Å². The number of aryl methyl sites for hydroxylation is 1. The summed E-state index contributed by atoms with van der Waals surface area (Å²) in [5, 5.41) is 10.7. The topological polar surface area (TPSA) is 56.6 Å². The van der Waals surface area contributed by atoms with Gasteiger partial charge in [0.2, 0.25) is 5.91 Å². The summed E-state index contributed by atoms with van der Waals surface area (Å²) in [4.78, 5) is 16.9. The fraction of sp³-hybridized carbons (Fsp3) is 0.273. The maximum atomic E-state index is 12.9. The molecule has 4 rings (SSSR count). The van der Waals surface area contributed by atoms with Crippen molar-refractivity contribution in [1.82, 2.24) is 4.90 Å². The van der Waals surface area contributed by atoms with E-state index in [1.807, 2.05) is 24.3 Å². The molecule has 142 valence electrons. The average Bonchev–Trinajstić information content (AvgIpc) is 2.74. The van der Waals surface area contributed by atoms with Gasteiger partial charge < -0.3 is 9.64 Å². The molecule has 1 atom stereocenters. The van der Waals surface area contributed by atoms with Crippen molar-refractivity contribution in [3.05, 3.63) is 70.3 Å². The van der Waals surface area contributed by atoms with Crippen molar-refractivity contribution in [2.24, 2.45) is 0 Å². The number of benzene rings is 2. The molecule has 0 N–H and O–H groups in total. The molecule has 6 heteroatoms. The second kappa shape index (κ2) is 7.61. The molecule has 2 aliphatic heterocycles. The molecule has 2 aromatic carbocycles. The molecule has 5 nitrogen and oxygen atoms in total. The van der Waals surface area contributed by atoms with Gasteiger partial charge in [-0.05, 0) is 36.8 Å². The van der Waals surface area contributed by atoms with E-state index >= 15 is 0 Å². The third kappa shape index (κ3) is 3.34. The predicted molar refractivity (Wildman–Crippen MR) is 111 cm³/mol. The lowest BCUT2D eigenvalue weighted by molar-refractivity contribution is -0.129. The maximum absolute atomic E-state index is 12.9. The SMILES string of the molecule is COc1ccc(C2CC(=O)N3CN(c4ccc(C)cc4)CSC3=C2C#N)cc1. The van der Waals surface area contributed by atoms with Gasteiger partial charge >= 0.3 is 0 Å². The Morgan fingerprint density at radius 2 is 1.86 bits per heavy atom. The number of fused-ring (bicyclic) bond motifs is 1. The van der Waals surface area contributed by atoms with E-state index in [1.54, 1.807) is 23.8 Å². The monoisotopic (exact) mass is 391 g/mol. The van der Waals surface area contributed by atoms with Gasteiger partial charge in [-0.25, -0.2) is 0 Å². The highest BCUT2D eigenvalue weighted by Gasteiger charge is 2.38. The third-order valence-electron chi connectivity index (χ3n) is 5.21. The Hall–Kier alpha value is -2.91. The lowest BCUT2D eigenvalue weighted by Crippen LogP contribution is -2.47. The molecule has 2 aliphatic rings. The Balaban J connectivity index is 1.63. The van der Waals surface area contributed by atoms with Gasteiger partial charge in [0.1, 0.15) is 5.75 Å². The van der Waals surface area contributed by atoms with Gasteiger partial charge in [0.05, 0.1) is 36.3 Å². The first-order chi connectivity index (χ1) is 13.6. The quantitative estimate of drug-likeness (QED) is 0.784. The second-order valence-corrected chi connectivity index (χ2v) is 7.91. The molecule has 28 heavy (non-hydrogen) atoms. The fourth-order valence-electron chi connectivity index (χ4n) is 3.60. The average molecular weight is 391 g/mol. The molecular formula is C22H21N3O2S. The lowest BCUT2D eigenvalue weighted by atomic mass is 9.86. The van der Waals surface area contributed by atoms with Crippen molar-refractivity contribution in [3.63, 3.8) is 0 Å². The summed E-state index contributed by atoms with van der Waals surface area (Å²) in [5.41, 5.74) is 3.94. The first-order valence-electron chi connectivity index (χ1n) is 9.13. The fourth-order valence-corrected chi connectivity index (χ4v) is 4.77. The van der Waals surface area contributed by atoms with Crippen molar-refractivity contribution in [2.75, 3.05) is 24.6 Å². The van der Waals surface area contributed by atoms with Crippen molar-refractivity contribution in [3.8, 4) is 11.8 Å². The summed E-state index contributed by atoms with van der Waals surface area (Å²) in [6.07, 6.45) is 0.307. The maximum Gasteiger partial charge on any atom is 0.229 e. The van der Waals surface area contributed by atoms with Gasteiger partial charge in [0, 0.05) is 18.0 Å². The minimum Gasteiger partial charge on any atom is -0.497 e. The van der Waals surface area contributed by atoms with Gasteiger partial charge in [0.25, 0.3) is 0 Å². The number of amides is 1. The van der Waals surface area contributed by atoms with Crippen LogP contribution in [0.3, 0.4) is 0 Å². The van der Waals surface area contributed by atoms with Gasteiger partial charge in [-0.15, -0.1) is 0 Å². The molecule has 1 amide bonds. The predicted octanol–water partition coefficient (Wildman–Crippen LogP) is 4.22. The van der Waals surface area contributed by atoms with Crippen molar-refractivity contribution < 1.29 is 9.53 Å². The van der Waals surface area contributed by atoms with E-state index in [2.05, 4.69) is 42.2 Å². The van der Waals surface area contributed by atoms with Crippen LogP contribution in [-0.2, 0) is 4.79 Å². The van der Waals surface area contributed by atoms with Crippen LogP contribution in [0.2, 0.25) is 0 Å². The first-order valence-corrected chi connectivity index (χ1v) is 10.1. The zero-order valence-corrected chi connectivity index (χ0v) is 16.7. The van der Waals surface area contributed by atoms with Crippen LogP contribution in [-0.4, -0.2) is 30.5 Å². The van der Waals surface area contributed by atoms with Crippen LogP contribution in [0.4, 0.5) is 5.69 Å². The van der Waals surface area contributed by atoms with E-state index in [0.717, 1.165) is 22.0 Å². The highest BCUT2D eigenvalue weighted by atomic mass is 32.2. The molecule has 1 fully saturated rings. The number of carbonyl (C=O) groups is 1. The summed E-state index contributed by atoms with van der Waals surface area (Å²) in [7, 11) is 1.62. The minimum atomic E-state index is -0.201. The number of allylic oxidation sites excluding steroid dienone is 1. The molecule has 0 saturated carbocycles. The Bertz CT molecular complexity index is 961. The molecule has 2 aromatic rings. The number of nitriles is 1. The van der Waals surface area contributed by atoms with E-state index in [4.69, 9.17) is 4.74 Å². The standard InChI is InChI=1S/C22H21N3O2S/c1-15-3-7-17(8-4-15)24-13-25-21(26)11-19(20(12-23)22(25)28-14-24)16-5-9-18(27-2)10-6-16/h3-10,19H,11,13-14H2,1-2H3. The minimum absolute atomic E-state index is 0.0547. The number of anilines is 1. The van der Waals surface area contributed by atoms with E-state index in [-0.39, 0.29) is 11.8 Å². The molecule has 0 radical (unpaired) electrons. The van der Waals surface area contributed by atoms with Crippen molar-refractivity contribution in [1.29, 1.82) is 5.26 Å². The number of hydrogen-bond donors (Lipinski definition) is 0. The molecule has 0 spiro atoms. The van der Waals surface area contributed by atoms with E-state index in [9.17, 15) is 10.1 Å². The Kier molecular flexibility index (Phi) is 5.01. The van der Waals surface area contributed by atoms with E-state index < -0.39 is 0 Å². The molecule has 0 bridgehead atoms. The summed E-state index contributed by atoms with van der Waals surface area (Å²) in [6, 6.07) is 18.3. The number of hydrogen-bond acceptors (Lipinski definition) is 5. The lowest BCUT2D eigenvalue weighted by Gasteiger charge is -2.42. The number of ether oxygens (including phenoxy) is 1. The summed E-state index contributed by atoms with van der Waals surface area (Å²) in [5.74, 6) is 1.33. The van der Waals surface area contributed by atoms with Crippen LogP contribution < -0.4 is 9.64 Å². The van der Waals surface area contributed by atoms with Crippen LogP contribution in [0.15, 0.2) is 59.1 Å². The number of rotatable bonds is 3. The second-order valence-electron chi connectivity index (χ2n) is 6.97. The van der Waals surface area contributed by atoms with E-state index in [1.165, 1.54) is 5.56 Å². The van der Waals surface area contributed by atoms with Crippen LogP contribution >= 0.6 is 11.8 Å². The van der Waals surface area contributed by atoms with Gasteiger partial charge in [0.15, 0.2) is 0 Å². The number of carbonyl (C=O) groups excluding carboxylic acids is 1. The van der Waals surface area contributed by atoms with Crippen LogP contribution in [0.5, 0.6) is 5.75 Å². The zero-order valence-electron chi connectivity index (χ0n) is 15.9. The Labute approximate surface area is 169 Å². The molecule has 2 heterocycles. The van der Waals surface area contributed by atoms with Gasteiger partial charge in [-0.2, -0.15) is 5.26 Å². The highest BCUT2D eigenvalue weighted by molar-refractivity contribution is 8.03. The smallest absolute Gasteiger partial charge is 0.229 e. The molecular weight excluding hydrogens is 370 g/mol. The molecule has 0 aromatic heterocycles. The summed E-state index contributed by atoms with van der Waals surface area (Å²) in [6.45, 7) is 2.53. The number of thioether (sulfide) groups is 1. The molecule has 1 unspecified atom stereocenters. The largest absolute Gasteiger partial charge is 0.497 e. The van der Waals surface area contributed by atoms with E-state index in [0.29, 0.717) is 24.5 Å². The first kappa shape index (κ1) is 18.5.